The number of anilines is 1. The summed E-state index contributed by atoms with van der Waals surface area (Å²) in [5, 5.41) is 3.31. The molecule has 1 aromatic rings. The lowest BCUT2D eigenvalue weighted by atomic mass is 10.2. The van der Waals surface area contributed by atoms with Gasteiger partial charge in [0.15, 0.2) is 0 Å². The van der Waals surface area contributed by atoms with Crippen LogP contribution in [0.1, 0.15) is 12.0 Å². The van der Waals surface area contributed by atoms with Crippen LogP contribution in [0, 0.1) is 6.92 Å². The summed E-state index contributed by atoms with van der Waals surface area (Å²) in [5.41, 5.74) is 2.26. The Morgan fingerprint density at radius 1 is 1.42 bits per heavy atom. The van der Waals surface area contributed by atoms with Crippen molar-refractivity contribution in [2.75, 3.05) is 38.2 Å². The molecule has 1 aromatic carbocycles. The summed E-state index contributed by atoms with van der Waals surface area (Å²) in [7, 11) is 0. The van der Waals surface area contributed by atoms with Gasteiger partial charge in [-0.3, -0.25) is 4.79 Å². The Morgan fingerprint density at radius 3 is 2.84 bits per heavy atom. The predicted molar refractivity (Wildman–Crippen MR) is 79.4 cm³/mol. The fourth-order valence-electron chi connectivity index (χ4n) is 2.10. The van der Waals surface area contributed by atoms with Gasteiger partial charge in [-0.25, -0.2) is 0 Å². The van der Waals surface area contributed by atoms with Crippen LogP contribution >= 0.6 is 15.9 Å². The van der Waals surface area contributed by atoms with Crippen LogP contribution in [-0.4, -0.2) is 43.7 Å². The second kappa shape index (κ2) is 6.91. The van der Waals surface area contributed by atoms with Gasteiger partial charge in [-0.15, -0.1) is 0 Å². The molecule has 1 aliphatic heterocycles. The van der Waals surface area contributed by atoms with Crippen molar-refractivity contribution in [2.24, 2.45) is 0 Å². The maximum absolute atomic E-state index is 12.0. The number of hydrogen-bond donors (Lipinski definition) is 1. The first-order valence-electron chi connectivity index (χ1n) is 6.52. The van der Waals surface area contributed by atoms with E-state index in [0.29, 0.717) is 26.2 Å². The van der Waals surface area contributed by atoms with Crippen LogP contribution in [0.2, 0.25) is 0 Å². The van der Waals surface area contributed by atoms with E-state index >= 15 is 0 Å². The van der Waals surface area contributed by atoms with Gasteiger partial charge in [0.05, 0.1) is 13.2 Å². The third-order valence-corrected chi connectivity index (χ3v) is 3.70. The zero-order valence-electron chi connectivity index (χ0n) is 11.1. The number of nitrogens with zero attached hydrogens (tertiary/aromatic N) is 1. The van der Waals surface area contributed by atoms with E-state index in [1.54, 1.807) is 0 Å². The van der Waals surface area contributed by atoms with Gasteiger partial charge in [0.1, 0.15) is 0 Å². The minimum Gasteiger partial charge on any atom is -0.384 e. The van der Waals surface area contributed by atoms with Crippen LogP contribution in [0.5, 0.6) is 0 Å². The van der Waals surface area contributed by atoms with Gasteiger partial charge in [-0.05, 0) is 30.7 Å². The van der Waals surface area contributed by atoms with E-state index in [1.807, 2.05) is 17.0 Å². The van der Waals surface area contributed by atoms with Crippen LogP contribution in [0.15, 0.2) is 22.7 Å². The highest BCUT2D eigenvalue weighted by atomic mass is 79.9. The van der Waals surface area contributed by atoms with Crippen molar-refractivity contribution < 1.29 is 9.53 Å². The molecular formula is C14H19BrN2O2. The maximum Gasteiger partial charge on any atom is 0.224 e. The summed E-state index contributed by atoms with van der Waals surface area (Å²) in [4.78, 5) is 13.8. The summed E-state index contributed by atoms with van der Waals surface area (Å²) in [6, 6.07) is 6.09. The highest BCUT2D eigenvalue weighted by Crippen LogP contribution is 2.19. The first-order chi connectivity index (χ1) is 9.16. The quantitative estimate of drug-likeness (QED) is 0.923. The molecule has 0 atom stereocenters. The van der Waals surface area contributed by atoms with E-state index < -0.39 is 0 Å². The molecule has 0 bridgehead atoms. The van der Waals surface area contributed by atoms with E-state index in [1.165, 1.54) is 5.56 Å². The van der Waals surface area contributed by atoms with Crippen molar-refractivity contribution in [3.05, 3.63) is 28.2 Å². The number of amides is 1. The molecular weight excluding hydrogens is 308 g/mol. The molecule has 0 radical (unpaired) electrons. The Bertz CT molecular complexity index is 445. The third-order valence-electron chi connectivity index (χ3n) is 3.21. The number of carbonyl (C=O) groups is 1. The fourth-order valence-corrected chi connectivity index (χ4v) is 2.58. The van der Waals surface area contributed by atoms with E-state index in [2.05, 4.69) is 34.2 Å². The van der Waals surface area contributed by atoms with Gasteiger partial charge in [0.2, 0.25) is 5.91 Å². The lowest BCUT2D eigenvalue weighted by molar-refractivity contribution is -0.134. The number of carbonyl (C=O) groups excluding carboxylic acids is 1. The smallest absolute Gasteiger partial charge is 0.224 e. The molecule has 1 fully saturated rings. The van der Waals surface area contributed by atoms with Crippen LogP contribution in [0.4, 0.5) is 5.69 Å². The van der Waals surface area contributed by atoms with Crippen LogP contribution in [-0.2, 0) is 9.53 Å². The fraction of sp³-hybridized carbons (Fsp3) is 0.500. The number of rotatable bonds is 4. The molecule has 0 spiro atoms. The van der Waals surface area contributed by atoms with Crippen molar-refractivity contribution in [3.8, 4) is 0 Å². The van der Waals surface area contributed by atoms with Crippen LogP contribution in [0.3, 0.4) is 0 Å². The topological polar surface area (TPSA) is 41.6 Å². The number of ether oxygens (including phenoxy) is 1. The van der Waals surface area contributed by atoms with Gasteiger partial charge in [0, 0.05) is 36.2 Å². The monoisotopic (exact) mass is 326 g/mol. The number of morpholine rings is 1. The lowest BCUT2D eigenvalue weighted by Gasteiger charge is -2.27. The first kappa shape index (κ1) is 14.3. The molecule has 1 aliphatic rings. The largest absolute Gasteiger partial charge is 0.384 e. The normalized spacial score (nSPS) is 15.4. The Labute approximate surface area is 122 Å². The maximum atomic E-state index is 12.0. The average molecular weight is 327 g/mol. The van der Waals surface area contributed by atoms with Gasteiger partial charge in [0.25, 0.3) is 0 Å². The van der Waals surface area contributed by atoms with Gasteiger partial charge >= 0.3 is 0 Å². The highest BCUT2D eigenvalue weighted by Gasteiger charge is 2.15. The SMILES string of the molecule is Cc1cc(Br)ccc1NCCC(=O)N1CCOCC1. The van der Waals surface area contributed by atoms with E-state index in [-0.39, 0.29) is 5.91 Å². The minimum atomic E-state index is 0.200. The average Bonchev–Trinajstić information content (AvgIpc) is 2.42. The number of halogens is 1. The molecule has 0 aromatic heterocycles. The highest BCUT2D eigenvalue weighted by molar-refractivity contribution is 9.10. The second-order valence-corrected chi connectivity index (χ2v) is 5.54. The molecule has 5 heteroatoms. The minimum absolute atomic E-state index is 0.200. The third kappa shape index (κ3) is 4.21. The summed E-state index contributed by atoms with van der Waals surface area (Å²) in [5.74, 6) is 0.200. The van der Waals surface area contributed by atoms with Crippen molar-refractivity contribution in [2.45, 2.75) is 13.3 Å². The first-order valence-corrected chi connectivity index (χ1v) is 7.31. The van der Waals surface area contributed by atoms with Crippen molar-refractivity contribution in [1.29, 1.82) is 0 Å². The van der Waals surface area contributed by atoms with Crippen molar-refractivity contribution in [1.82, 2.24) is 4.90 Å². The molecule has 0 saturated carbocycles. The van der Waals surface area contributed by atoms with Gasteiger partial charge in [-0.2, -0.15) is 0 Å². The van der Waals surface area contributed by atoms with E-state index in [0.717, 1.165) is 23.2 Å². The molecule has 19 heavy (non-hydrogen) atoms. The zero-order chi connectivity index (χ0) is 13.7. The summed E-state index contributed by atoms with van der Waals surface area (Å²) in [6.45, 7) is 5.47. The molecule has 1 N–H and O–H groups in total. The second-order valence-electron chi connectivity index (χ2n) is 4.63. The number of benzene rings is 1. The molecule has 2 rings (SSSR count). The molecule has 1 heterocycles. The Morgan fingerprint density at radius 2 is 2.16 bits per heavy atom. The molecule has 0 unspecified atom stereocenters. The molecule has 4 nitrogen and oxygen atoms in total. The number of hydrogen-bond acceptors (Lipinski definition) is 3. The number of nitrogens with one attached hydrogen (secondary N) is 1. The van der Waals surface area contributed by atoms with E-state index in [9.17, 15) is 4.79 Å². The van der Waals surface area contributed by atoms with Crippen LogP contribution in [0.25, 0.3) is 0 Å². The Hall–Kier alpha value is -1.07. The van der Waals surface area contributed by atoms with Crippen molar-refractivity contribution >= 4 is 27.5 Å². The van der Waals surface area contributed by atoms with Crippen LogP contribution < -0.4 is 5.32 Å². The predicted octanol–water partition coefficient (Wildman–Crippen LogP) is 2.42. The molecule has 1 amide bonds. The lowest BCUT2D eigenvalue weighted by Crippen LogP contribution is -2.41. The zero-order valence-corrected chi connectivity index (χ0v) is 12.7. The summed E-state index contributed by atoms with van der Waals surface area (Å²) in [6.07, 6.45) is 0.523. The van der Waals surface area contributed by atoms with Crippen molar-refractivity contribution in [3.63, 3.8) is 0 Å². The summed E-state index contributed by atoms with van der Waals surface area (Å²) >= 11 is 3.44. The van der Waals surface area contributed by atoms with Gasteiger partial charge < -0.3 is 15.0 Å². The molecule has 104 valence electrons. The molecule has 1 saturated heterocycles. The Balaban J connectivity index is 1.78. The van der Waals surface area contributed by atoms with E-state index in [4.69, 9.17) is 4.74 Å². The Kier molecular flexibility index (Phi) is 5.22. The van der Waals surface area contributed by atoms with Gasteiger partial charge in [-0.1, -0.05) is 15.9 Å². The standard InChI is InChI=1S/C14H19BrN2O2/c1-11-10-12(15)2-3-13(11)16-5-4-14(18)17-6-8-19-9-7-17/h2-3,10,16H,4-9H2,1H3. The summed E-state index contributed by atoms with van der Waals surface area (Å²) < 4.78 is 6.31. The number of aryl methyl sites for hydroxylation is 1. The molecule has 0 aliphatic carbocycles.